The van der Waals surface area contributed by atoms with Crippen molar-refractivity contribution in [1.29, 1.82) is 0 Å². The number of benzene rings is 2. The van der Waals surface area contributed by atoms with E-state index in [1.165, 1.54) is 14.0 Å². The summed E-state index contributed by atoms with van der Waals surface area (Å²) in [6.07, 6.45) is -0.774. The maximum absolute atomic E-state index is 11.7. The second kappa shape index (κ2) is 5.74. The van der Waals surface area contributed by atoms with Crippen molar-refractivity contribution in [1.82, 2.24) is 0 Å². The molecule has 1 atom stereocenters. The summed E-state index contributed by atoms with van der Waals surface area (Å²) in [5.41, 5.74) is 0.458. The first kappa shape index (κ1) is 14.1. The van der Waals surface area contributed by atoms with Gasteiger partial charge < -0.3 is 9.47 Å². The summed E-state index contributed by atoms with van der Waals surface area (Å²) >= 11 is 0. The molecule has 0 saturated heterocycles. The number of Topliss-reactive ketones (excluding diaryl/α,β-unsaturated/α-hetero) is 1. The Bertz CT molecular complexity index is 661. The number of carbonyl (C=O) groups is 2. The van der Waals surface area contributed by atoms with Gasteiger partial charge in [0.15, 0.2) is 11.9 Å². The average Bonchev–Trinajstić information content (AvgIpc) is 2.46. The summed E-state index contributed by atoms with van der Waals surface area (Å²) in [6, 6.07) is 11.1. The van der Waals surface area contributed by atoms with Gasteiger partial charge in [0.25, 0.3) is 0 Å². The standard InChI is InChI=1S/C16H16O4/c1-10(17)13-9-8-12-6-4-5-7-14(12)15(13)20-11(2)16(18)19-3/h4-9,11H,1-3H3. The Labute approximate surface area is 117 Å². The van der Waals surface area contributed by atoms with E-state index in [2.05, 4.69) is 4.74 Å². The molecule has 0 bridgehead atoms. The van der Waals surface area contributed by atoms with E-state index >= 15 is 0 Å². The number of hydrogen-bond donors (Lipinski definition) is 0. The minimum atomic E-state index is -0.774. The highest BCUT2D eigenvalue weighted by molar-refractivity contribution is 6.03. The van der Waals surface area contributed by atoms with E-state index in [4.69, 9.17) is 4.74 Å². The lowest BCUT2D eigenvalue weighted by molar-refractivity contribution is -0.147. The van der Waals surface area contributed by atoms with Crippen LogP contribution in [0, 0.1) is 0 Å². The van der Waals surface area contributed by atoms with Crippen molar-refractivity contribution in [2.45, 2.75) is 20.0 Å². The van der Waals surface area contributed by atoms with Crippen LogP contribution in [0.3, 0.4) is 0 Å². The van der Waals surface area contributed by atoms with Crippen molar-refractivity contribution in [3.05, 3.63) is 42.0 Å². The van der Waals surface area contributed by atoms with Gasteiger partial charge in [-0.15, -0.1) is 0 Å². The first-order valence-corrected chi connectivity index (χ1v) is 6.31. The van der Waals surface area contributed by atoms with E-state index in [0.717, 1.165) is 10.8 Å². The number of fused-ring (bicyclic) bond motifs is 1. The quantitative estimate of drug-likeness (QED) is 0.634. The molecule has 2 aromatic carbocycles. The lowest BCUT2D eigenvalue weighted by Gasteiger charge is -2.17. The number of esters is 1. The predicted molar refractivity (Wildman–Crippen MR) is 76.1 cm³/mol. The highest BCUT2D eigenvalue weighted by atomic mass is 16.6. The van der Waals surface area contributed by atoms with Gasteiger partial charge in [-0.25, -0.2) is 4.79 Å². The number of ether oxygens (including phenoxy) is 2. The van der Waals surface area contributed by atoms with Crippen LogP contribution in [-0.2, 0) is 9.53 Å². The molecule has 0 saturated carbocycles. The molecule has 4 heteroatoms. The minimum Gasteiger partial charge on any atom is -0.478 e. The maximum Gasteiger partial charge on any atom is 0.346 e. The van der Waals surface area contributed by atoms with Crippen LogP contribution >= 0.6 is 0 Å². The molecule has 0 heterocycles. The SMILES string of the molecule is COC(=O)C(C)Oc1c(C(C)=O)ccc2ccccc12. The van der Waals surface area contributed by atoms with E-state index in [0.29, 0.717) is 11.3 Å². The molecule has 2 aromatic rings. The van der Waals surface area contributed by atoms with Gasteiger partial charge in [-0.1, -0.05) is 30.3 Å². The van der Waals surface area contributed by atoms with Crippen LogP contribution in [0.15, 0.2) is 36.4 Å². The fraction of sp³-hybridized carbons (Fsp3) is 0.250. The largest absolute Gasteiger partial charge is 0.478 e. The van der Waals surface area contributed by atoms with Gasteiger partial charge in [-0.2, -0.15) is 0 Å². The summed E-state index contributed by atoms with van der Waals surface area (Å²) in [6.45, 7) is 3.07. The monoisotopic (exact) mass is 272 g/mol. The summed E-state index contributed by atoms with van der Waals surface area (Å²) in [4.78, 5) is 23.2. The lowest BCUT2D eigenvalue weighted by Crippen LogP contribution is -2.25. The number of carbonyl (C=O) groups excluding carboxylic acids is 2. The molecule has 0 aliphatic heterocycles. The van der Waals surface area contributed by atoms with Crippen LogP contribution < -0.4 is 4.74 Å². The first-order chi connectivity index (χ1) is 9.54. The molecule has 1 unspecified atom stereocenters. The van der Waals surface area contributed by atoms with Gasteiger partial charge in [0.1, 0.15) is 5.75 Å². The molecule has 0 aliphatic rings. The molecule has 0 fully saturated rings. The van der Waals surface area contributed by atoms with Crippen molar-refractivity contribution in [3.63, 3.8) is 0 Å². The minimum absolute atomic E-state index is 0.109. The Hall–Kier alpha value is -2.36. The zero-order valence-corrected chi connectivity index (χ0v) is 11.7. The number of rotatable bonds is 4. The van der Waals surface area contributed by atoms with Crippen LogP contribution in [0.4, 0.5) is 0 Å². The zero-order chi connectivity index (χ0) is 14.7. The van der Waals surface area contributed by atoms with Gasteiger partial charge in [0, 0.05) is 5.39 Å². The highest BCUT2D eigenvalue weighted by Gasteiger charge is 2.20. The summed E-state index contributed by atoms with van der Waals surface area (Å²) in [5, 5.41) is 1.75. The van der Waals surface area contributed by atoms with E-state index < -0.39 is 12.1 Å². The van der Waals surface area contributed by atoms with Gasteiger partial charge in [0.2, 0.25) is 0 Å². The molecule has 0 amide bonds. The third-order valence-corrected chi connectivity index (χ3v) is 3.09. The van der Waals surface area contributed by atoms with Crippen LogP contribution in [-0.4, -0.2) is 25.0 Å². The van der Waals surface area contributed by atoms with Crippen LogP contribution in [0.5, 0.6) is 5.75 Å². The zero-order valence-electron chi connectivity index (χ0n) is 11.7. The molecule has 104 valence electrons. The van der Waals surface area contributed by atoms with Gasteiger partial charge >= 0.3 is 5.97 Å². The molecule has 0 radical (unpaired) electrons. The second-order valence-electron chi connectivity index (χ2n) is 4.50. The molecular formula is C16H16O4. The van der Waals surface area contributed by atoms with E-state index in [-0.39, 0.29) is 5.78 Å². The third-order valence-electron chi connectivity index (χ3n) is 3.09. The fourth-order valence-corrected chi connectivity index (χ4v) is 2.04. The summed E-state index contributed by atoms with van der Waals surface area (Å²) in [5.74, 6) is -0.163. The molecule has 0 aliphatic carbocycles. The van der Waals surface area contributed by atoms with Crippen LogP contribution in [0.1, 0.15) is 24.2 Å². The molecule has 0 aromatic heterocycles. The average molecular weight is 272 g/mol. The molecule has 20 heavy (non-hydrogen) atoms. The second-order valence-corrected chi connectivity index (χ2v) is 4.50. The van der Waals surface area contributed by atoms with Gasteiger partial charge in [0.05, 0.1) is 12.7 Å². The Kier molecular flexibility index (Phi) is 4.03. The number of hydrogen-bond acceptors (Lipinski definition) is 4. The Morgan fingerprint density at radius 1 is 1.10 bits per heavy atom. The van der Waals surface area contributed by atoms with Gasteiger partial charge in [-0.3, -0.25) is 4.79 Å². The Balaban J connectivity index is 2.55. The van der Waals surface area contributed by atoms with E-state index in [1.54, 1.807) is 13.0 Å². The van der Waals surface area contributed by atoms with Crippen molar-refractivity contribution < 1.29 is 19.1 Å². The Morgan fingerprint density at radius 2 is 1.80 bits per heavy atom. The topological polar surface area (TPSA) is 52.6 Å². The summed E-state index contributed by atoms with van der Waals surface area (Å²) in [7, 11) is 1.30. The smallest absolute Gasteiger partial charge is 0.346 e. The molecule has 0 spiro atoms. The van der Waals surface area contributed by atoms with E-state index in [9.17, 15) is 9.59 Å². The Morgan fingerprint density at radius 3 is 2.45 bits per heavy atom. The molecule has 0 N–H and O–H groups in total. The number of methoxy groups -OCH3 is 1. The molecular weight excluding hydrogens is 256 g/mol. The van der Waals surface area contributed by atoms with E-state index in [1.807, 2.05) is 30.3 Å². The van der Waals surface area contributed by atoms with Crippen molar-refractivity contribution in [2.75, 3.05) is 7.11 Å². The molecule has 2 rings (SSSR count). The number of ketones is 1. The van der Waals surface area contributed by atoms with Crippen molar-refractivity contribution in [2.24, 2.45) is 0 Å². The predicted octanol–water partition coefficient (Wildman–Crippen LogP) is 2.98. The summed E-state index contributed by atoms with van der Waals surface area (Å²) < 4.78 is 10.3. The van der Waals surface area contributed by atoms with Crippen molar-refractivity contribution in [3.8, 4) is 5.75 Å². The normalized spacial score (nSPS) is 11.9. The maximum atomic E-state index is 11.7. The molecule has 4 nitrogen and oxygen atoms in total. The fourth-order valence-electron chi connectivity index (χ4n) is 2.04. The highest BCUT2D eigenvalue weighted by Crippen LogP contribution is 2.31. The van der Waals surface area contributed by atoms with Gasteiger partial charge in [-0.05, 0) is 25.3 Å². The van der Waals surface area contributed by atoms with Crippen LogP contribution in [0.2, 0.25) is 0 Å². The third kappa shape index (κ3) is 2.64. The first-order valence-electron chi connectivity index (χ1n) is 6.31. The van der Waals surface area contributed by atoms with Crippen molar-refractivity contribution >= 4 is 22.5 Å². The van der Waals surface area contributed by atoms with Crippen LogP contribution in [0.25, 0.3) is 10.8 Å². The lowest BCUT2D eigenvalue weighted by atomic mass is 10.0.